The zero-order valence-corrected chi connectivity index (χ0v) is 9.26. The first-order valence-corrected chi connectivity index (χ1v) is 3.55. The lowest BCUT2D eigenvalue weighted by atomic mass is 10.3. The van der Waals surface area contributed by atoms with Crippen LogP contribution in [0.25, 0.3) is 0 Å². The summed E-state index contributed by atoms with van der Waals surface area (Å²) in [6, 6.07) is 0. The van der Waals surface area contributed by atoms with E-state index >= 15 is 0 Å². The molecule has 0 rings (SSSR count). The highest BCUT2D eigenvalue weighted by molar-refractivity contribution is 4.31. The van der Waals surface area contributed by atoms with Gasteiger partial charge in [-0.3, -0.25) is 0 Å². The Morgan fingerprint density at radius 3 is 2.10 bits per heavy atom. The van der Waals surface area contributed by atoms with Gasteiger partial charge in [-0.2, -0.15) is 0 Å². The highest BCUT2D eigenvalue weighted by Gasteiger charge is 2.09. The van der Waals surface area contributed by atoms with Gasteiger partial charge >= 0.3 is 0 Å². The third-order valence-corrected chi connectivity index (χ3v) is 1.78. The van der Waals surface area contributed by atoms with Crippen LogP contribution in [0.3, 0.4) is 0 Å². The predicted octanol–water partition coefficient (Wildman–Crippen LogP) is -2.53. The highest BCUT2D eigenvalue weighted by Crippen LogP contribution is 1.96. The monoisotopic (exact) mass is 259 g/mol. The van der Waals surface area contributed by atoms with Gasteiger partial charge in [-0.1, -0.05) is 0 Å². The molecule has 0 aliphatic rings. The molecule has 64 valence electrons. The van der Waals surface area contributed by atoms with E-state index in [1.807, 2.05) is 0 Å². The van der Waals surface area contributed by atoms with Gasteiger partial charge in [0, 0.05) is 13.0 Å². The molecular formula is C7H18INO. The summed E-state index contributed by atoms with van der Waals surface area (Å²) in [5.74, 6) is 0. The zero-order chi connectivity index (χ0) is 7.33. The summed E-state index contributed by atoms with van der Waals surface area (Å²) in [4.78, 5) is 0. The van der Waals surface area contributed by atoms with E-state index < -0.39 is 0 Å². The van der Waals surface area contributed by atoms with Crippen LogP contribution >= 0.6 is 0 Å². The lowest BCUT2D eigenvalue weighted by Crippen LogP contribution is -3.00. The molecule has 2 nitrogen and oxygen atoms in total. The van der Waals surface area contributed by atoms with Gasteiger partial charge in [0.2, 0.25) is 0 Å². The van der Waals surface area contributed by atoms with E-state index in [0.717, 1.165) is 24.0 Å². The fraction of sp³-hybridized carbons (Fsp3) is 1.00. The Kier molecular flexibility index (Phi) is 8.44. The van der Waals surface area contributed by atoms with Crippen LogP contribution in [0.5, 0.6) is 0 Å². The Bertz CT molecular complexity index is 76.0. The van der Waals surface area contributed by atoms with Gasteiger partial charge in [0.25, 0.3) is 0 Å². The molecule has 0 aliphatic heterocycles. The van der Waals surface area contributed by atoms with E-state index in [4.69, 9.17) is 5.11 Å². The van der Waals surface area contributed by atoms with Gasteiger partial charge < -0.3 is 33.6 Å². The minimum absolute atomic E-state index is 0. The Morgan fingerprint density at radius 2 is 1.80 bits per heavy atom. The topological polar surface area (TPSA) is 20.2 Å². The lowest BCUT2D eigenvalue weighted by molar-refractivity contribution is -0.888. The molecule has 0 radical (unpaired) electrons. The molecule has 0 heterocycles. The third-order valence-electron chi connectivity index (χ3n) is 1.78. The number of aliphatic hydroxyl groups excluding tert-OH is 1. The Morgan fingerprint density at radius 1 is 1.30 bits per heavy atom. The molecule has 10 heavy (non-hydrogen) atoms. The molecular weight excluding hydrogens is 241 g/mol. The van der Waals surface area contributed by atoms with E-state index in [1.165, 1.54) is 0 Å². The largest absolute Gasteiger partial charge is 1.00 e. The number of aliphatic hydroxyl groups is 1. The molecule has 0 atom stereocenters. The fourth-order valence-electron chi connectivity index (χ4n) is 0.657. The van der Waals surface area contributed by atoms with E-state index in [1.54, 1.807) is 0 Å². The molecule has 0 amide bonds. The molecule has 0 aliphatic carbocycles. The van der Waals surface area contributed by atoms with Crippen LogP contribution in [0.4, 0.5) is 0 Å². The summed E-state index contributed by atoms with van der Waals surface area (Å²) in [6.07, 6.45) is 0.918. The van der Waals surface area contributed by atoms with Gasteiger partial charge in [-0.05, 0) is 6.92 Å². The second-order valence-electron chi connectivity index (χ2n) is 3.05. The lowest BCUT2D eigenvalue weighted by Gasteiger charge is -2.27. The van der Waals surface area contributed by atoms with Crippen LogP contribution in [0.15, 0.2) is 0 Å². The first kappa shape index (κ1) is 13.3. The zero-order valence-electron chi connectivity index (χ0n) is 7.10. The van der Waals surface area contributed by atoms with Crippen LogP contribution in [0, 0.1) is 0 Å². The number of halogens is 1. The molecule has 0 saturated carbocycles. The summed E-state index contributed by atoms with van der Waals surface area (Å²) in [5.41, 5.74) is 0. The maximum atomic E-state index is 8.52. The summed E-state index contributed by atoms with van der Waals surface area (Å²) in [6.45, 7) is 4.70. The summed E-state index contributed by atoms with van der Waals surface area (Å²) in [7, 11) is 4.35. The molecule has 0 bridgehead atoms. The number of rotatable bonds is 4. The standard InChI is InChI=1S/C7H18NO.HI/c1-4-8(2,3)6-5-7-9;/h9H,4-7H2,1-3H3;1H/q+1;/p-1. The number of quaternary nitrogens is 1. The average Bonchev–Trinajstić information content (AvgIpc) is 1.84. The summed E-state index contributed by atoms with van der Waals surface area (Å²) >= 11 is 0. The predicted molar refractivity (Wildman–Crippen MR) is 39.2 cm³/mol. The smallest absolute Gasteiger partial charge is 0.0804 e. The number of hydrogen-bond donors (Lipinski definition) is 1. The highest BCUT2D eigenvalue weighted by atomic mass is 127. The van der Waals surface area contributed by atoms with Gasteiger partial charge in [0.15, 0.2) is 0 Å². The van der Waals surface area contributed by atoms with E-state index in [9.17, 15) is 0 Å². The molecule has 0 aromatic rings. The Labute approximate surface area is 80.8 Å². The molecule has 1 N–H and O–H groups in total. The number of nitrogens with zero attached hydrogens (tertiary/aromatic N) is 1. The van der Waals surface area contributed by atoms with Crippen molar-refractivity contribution in [1.29, 1.82) is 0 Å². The Hall–Kier alpha value is 0.650. The van der Waals surface area contributed by atoms with Crippen molar-refractivity contribution in [1.82, 2.24) is 0 Å². The van der Waals surface area contributed by atoms with Gasteiger partial charge in [0.1, 0.15) is 0 Å². The second-order valence-corrected chi connectivity index (χ2v) is 3.05. The number of hydrogen-bond acceptors (Lipinski definition) is 1. The van der Waals surface area contributed by atoms with Gasteiger partial charge in [-0.25, -0.2) is 0 Å². The Balaban J connectivity index is 0. The van der Waals surface area contributed by atoms with E-state index in [0.29, 0.717) is 6.61 Å². The van der Waals surface area contributed by atoms with Crippen molar-refractivity contribution < 1.29 is 33.6 Å². The minimum atomic E-state index is 0. The molecule has 0 fully saturated rings. The molecule has 0 aromatic heterocycles. The van der Waals surface area contributed by atoms with Crippen molar-refractivity contribution in [2.24, 2.45) is 0 Å². The van der Waals surface area contributed by atoms with Crippen molar-refractivity contribution in [3.8, 4) is 0 Å². The van der Waals surface area contributed by atoms with Gasteiger partial charge in [0.05, 0.1) is 27.2 Å². The van der Waals surface area contributed by atoms with Crippen LogP contribution in [-0.4, -0.2) is 43.4 Å². The molecule has 0 unspecified atom stereocenters. The van der Waals surface area contributed by atoms with Crippen LogP contribution in [0.1, 0.15) is 13.3 Å². The molecule has 0 saturated heterocycles. The van der Waals surface area contributed by atoms with E-state index in [-0.39, 0.29) is 24.0 Å². The molecule has 3 heteroatoms. The van der Waals surface area contributed by atoms with Crippen molar-refractivity contribution in [2.45, 2.75) is 13.3 Å². The molecule has 0 aromatic carbocycles. The van der Waals surface area contributed by atoms with Crippen molar-refractivity contribution in [3.63, 3.8) is 0 Å². The summed E-state index contributed by atoms with van der Waals surface area (Å²) in [5, 5.41) is 8.52. The first-order valence-electron chi connectivity index (χ1n) is 3.55. The minimum Gasteiger partial charge on any atom is -1.00 e. The third kappa shape index (κ3) is 6.77. The van der Waals surface area contributed by atoms with Gasteiger partial charge in [-0.15, -0.1) is 0 Å². The van der Waals surface area contributed by atoms with Crippen LogP contribution < -0.4 is 24.0 Å². The maximum Gasteiger partial charge on any atom is 0.0804 e. The normalized spacial score (nSPS) is 10.8. The first-order chi connectivity index (χ1) is 4.12. The second kappa shape index (κ2) is 6.37. The van der Waals surface area contributed by atoms with Crippen LogP contribution in [-0.2, 0) is 0 Å². The average molecular weight is 259 g/mol. The summed E-state index contributed by atoms with van der Waals surface area (Å²) < 4.78 is 1.01. The quantitative estimate of drug-likeness (QED) is 0.436. The van der Waals surface area contributed by atoms with Crippen molar-refractivity contribution in [3.05, 3.63) is 0 Å². The van der Waals surface area contributed by atoms with E-state index in [2.05, 4.69) is 21.0 Å². The maximum absolute atomic E-state index is 8.52. The van der Waals surface area contributed by atoms with Crippen molar-refractivity contribution >= 4 is 0 Å². The molecule has 0 spiro atoms. The SMILES string of the molecule is CC[N+](C)(C)CCCO.[I-]. The fourth-order valence-corrected chi connectivity index (χ4v) is 0.657. The van der Waals surface area contributed by atoms with Crippen LogP contribution in [0.2, 0.25) is 0 Å². The van der Waals surface area contributed by atoms with Crippen molar-refractivity contribution in [2.75, 3.05) is 33.8 Å².